The Morgan fingerprint density at radius 3 is 2.52 bits per heavy atom. The van der Waals surface area contributed by atoms with Gasteiger partial charge in [-0.05, 0) is 48.0 Å². The van der Waals surface area contributed by atoms with Gasteiger partial charge in [-0.25, -0.2) is 13.2 Å². The van der Waals surface area contributed by atoms with Gasteiger partial charge in [0.25, 0.3) is 0 Å². The van der Waals surface area contributed by atoms with Crippen molar-refractivity contribution in [2.24, 2.45) is 0 Å². The molecule has 6 nitrogen and oxygen atoms in total. The van der Waals surface area contributed by atoms with Crippen molar-refractivity contribution < 1.29 is 23.1 Å². The first kappa shape index (κ1) is 18.1. The molecule has 0 aliphatic rings. The van der Waals surface area contributed by atoms with Gasteiger partial charge in [0, 0.05) is 24.2 Å². The molecule has 0 spiro atoms. The third kappa shape index (κ3) is 4.26. The van der Waals surface area contributed by atoms with E-state index in [-0.39, 0.29) is 29.7 Å². The van der Waals surface area contributed by atoms with Gasteiger partial charge in [0.15, 0.2) is 0 Å². The number of hydrogen-bond donors (Lipinski definition) is 1. The fourth-order valence-corrected chi connectivity index (χ4v) is 3.87. The highest BCUT2D eigenvalue weighted by atomic mass is 79.9. The molecular weight excluding hydrogens is 362 g/mol. The molecule has 8 heteroatoms. The Hall–Kier alpha value is -0.960. The van der Waals surface area contributed by atoms with Crippen molar-refractivity contribution in [2.45, 2.75) is 24.8 Å². The third-order valence-electron chi connectivity index (χ3n) is 2.87. The summed E-state index contributed by atoms with van der Waals surface area (Å²) in [6, 6.07) is 3.70. The Morgan fingerprint density at radius 2 is 2.05 bits per heavy atom. The van der Waals surface area contributed by atoms with Gasteiger partial charge in [0.2, 0.25) is 10.0 Å². The summed E-state index contributed by atoms with van der Waals surface area (Å²) in [7, 11) is -2.28. The first-order valence-electron chi connectivity index (χ1n) is 6.25. The van der Waals surface area contributed by atoms with Crippen LogP contribution in [0.15, 0.2) is 27.6 Å². The minimum absolute atomic E-state index is 0.0482. The summed E-state index contributed by atoms with van der Waals surface area (Å²) in [5, 5.41) is 9.09. The van der Waals surface area contributed by atoms with Gasteiger partial charge >= 0.3 is 5.97 Å². The Morgan fingerprint density at radius 1 is 1.43 bits per heavy atom. The number of benzene rings is 1. The zero-order valence-electron chi connectivity index (χ0n) is 12.0. The largest absolute Gasteiger partial charge is 0.478 e. The number of ether oxygens (including phenoxy) is 1. The molecule has 21 heavy (non-hydrogen) atoms. The third-order valence-corrected chi connectivity index (χ3v) is 5.63. The molecule has 0 fully saturated rings. The summed E-state index contributed by atoms with van der Waals surface area (Å²) in [6.45, 7) is 3.98. The van der Waals surface area contributed by atoms with E-state index in [1.165, 1.54) is 23.5 Å². The maximum atomic E-state index is 12.6. The van der Waals surface area contributed by atoms with Gasteiger partial charge in [0.05, 0.1) is 17.1 Å². The smallest absolute Gasteiger partial charge is 0.336 e. The van der Waals surface area contributed by atoms with Crippen LogP contribution < -0.4 is 0 Å². The Balaban J connectivity index is 3.28. The van der Waals surface area contributed by atoms with E-state index in [0.717, 1.165) is 6.07 Å². The summed E-state index contributed by atoms with van der Waals surface area (Å²) >= 11 is 3.10. The summed E-state index contributed by atoms with van der Waals surface area (Å²) in [5.74, 6) is -1.19. The SMILES string of the molecule is COCCN(C(C)C)S(=O)(=O)c1ccc(Br)c(C(=O)O)c1. The lowest BCUT2D eigenvalue weighted by atomic mass is 10.2. The standard InChI is InChI=1S/C13H18BrNO5S/c1-9(2)15(6-7-20-3)21(18,19)10-4-5-12(14)11(8-10)13(16)17/h4-5,8-9H,6-7H2,1-3H3,(H,16,17). The summed E-state index contributed by atoms with van der Waals surface area (Å²) in [6.07, 6.45) is 0. The van der Waals surface area contributed by atoms with Crippen LogP contribution in [0, 0.1) is 0 Å². The van der Waals surface area contributed by atoms with E-state index in [4.69, 9.17) is 9.84 Å². The number of carboxylic acid groups (broad SMARTS) is 1. The topological polar surface area (TPSA) is 83.9 Å². The molecule has 0 atom stereocenters. The molecule has 0 unspecified atom stereocenters. The maximum absolute atomic E-state index is 12.6. The predicted molar refractivity (Wildman–Crippen MR) is 82.0 cm³/mol. The second-order valence-corrected chi connectivity index (χ2v) is 7.39. The molecule has 0 heterocycles. The van der Waals surface area contributed by atoms with Crippen LogP contribution in [0.25, 0.3) is 0 Å². The van der Waals surface area contributed by atoms with Crippen molar-refractivity contribution in [2.75, 3.05) is 20.3 Å². The van der Waals surface area contributed by atoms with Crippen LogP contribution in [-0.4, -0.2) is 50.1 Å². The van der Waals surface area contributed by atoms with Crippen LogP contribution in [0.3, 0.4) is 0 Å². The van der Waals surface area contributed by atoms with E-state index in [1.54, 1.807) is 13.8 Å². The lowest BCUT2D eigenvalue weighted by Gasteiger charge is -2.25. The Kier molecular flexibility index (Phi) is 6.33. The number of methoxy groups -OCH3 is 1. The van der Waals surface area contributed by atoms with Crippen molar-refractivity contribution >= 4 is 31.9 Å². The van der Waals surface area contributed by atoms with Crippen LogP contribution >= 0.6 is 15.9 Å². The lowest BCUT2D eigenvalue weighted by molar-refractivity contribution is 0.0695. The van der Waals surface area contributed by atoms with Gasteiger partial charge in [-0.1, -0.05) is 0 Å². The zero-order valence-corrected chi connectivity index (χ0v) is 14.4. The average molecular weight is 380 g/mol. The van der Waals surface area contributed by atoms with Crippen molar-refractivity contribution in [1.29, 1.82) is 0 Å². The average Bonchev–Trinajstić information content (AvgIpc) is 2.38. The molecule has 1 aromatic rings. The van der Waals surface area contributed by atoms with Gasteiger partial charge in [-0.3, -0.25) is 0 Å². The fourth-order valence-electron chi connectivity index (χ4n) is 1.80. The molecule has 0 aliphatic heterocycles. The molecule has 1 aromatic carbocycles. The minimum atomic E-state index is -3.78. The minimum Gasteiger partial charge on any atom is -0.478 e. The van der Waals surface area contributed by atoms with Crippen LogP contribution in [0.4, 0.5) is 0 Å². The first-order valence-corrected chi connectivity index (χ1v) is 8.48. The van der Waals surface area contributed by atoms with Crippen LogP contribution in [-0.2, 0) is 14.8 Å². The molecule has 0 radical (unpaired) electrons. The van der Waals surface area contributed by atoms with E-state index in [2.05, 4.69) is 15.9 Å². The quantitative estimate of drug-likeness (QED) is 0.784. The molecule has 118 valence electrons. The maximum Gasteiger partial charge on any atom is 0.336 e. The number of carboxylic acids is 1. The highest BCUT2D eigenvalue weighted by Gasteiger charge is 2.27. The fraction of sp³-hybridized carbons (Fsp3) is 0.462. The summed E-state index contributed by atoms with van der Waals surface area (Å²) in [4.78, 5) is 11.1. The number of aromatic carboxylic acids is 1. The molecule has 0 bridgehead atoms. The van der Waals surface area contributed by atoms with E-state index >= 15 is 0 Å². The molecule has 1 N–H and O–H groups in total. The molecule has 0 saturated carbocycles. The number of nitrogens with zero attached hydrogens (tertiary/aromatic N) is 1. The summed E-state index contributed by atoms with van der Waals surface area (Å²) in [5.41, 5.74) is -0.0912. The number of hydrogen-bond acceptors (Lipinski definition) is 4. The monoisotopic (exact) mass is 379 g/mol. The second-order valence-electron chi connectivity index (χ2n) is 4.65. The van der Waals surface area contributed by atoms with Crippen molar-refractivity contribution in [3.8, 4) is 0 Å². The number of rotatable bonds is 7. The molecule has 0 aromatic heterocycles. The van der Waals surface area contributed by atoms with Crippen LogP contribution in [0.2, 0.25) is 0 Å². The number of sulfonamides is 1. The molecule has 0 amide bonds. The van der Waals surface area contributed by atoms with Gasteiger partial charge in [0.1, 0.15) is 0 Å². The second kappa shape index (κ2) is 7.35. The van der Waals surface area contributed by atoms with Crippen molar-refractivity contribution in [1.82, 2.24) is 4.31 Å². The van der Waals surface area contributed by atoms with E-state index in [1.807, 2.05) is 0 Å². The zero-order chi connectivity index (χ0) is 16.2. The predicted octanol–water partition coefficient (Wildman–Crippen LogP) is 2.19. The first-order chi connectivity index (χ1) is 9.71. The van der Waals surface area contributed by atoms with Gasteiger partial charge in [-0.2, -0.15) is 4.31 Å². The lowest BCUT2D eigenvalue weighted by Crippen LogP contribution is -2.39. The van der Waals surface area contributed by atoms with E-state index in [0.29, 0.717) is 4.47 Å². The highest BCUT2D eigenvalue weighted by Crippen LogP contribution is 2.24. The Labute approximate surface area is 132 Å². The molecule has 1 rings (SSSR count). The highest BCUT2D eigenvalue weighted by molar-refractivity contribution is 9.10. The van der Waals surface area contributed by atoms with E-state index < -0.39 is 16.0 Å². The van der Waals surface area contributed by atoms with Gasteiger partial charge < -0.3 is 9.84 Å². The van der Waals surface area contributed by atoms with Crippen molar-refractivity contribution in [3.63, 3.8) is 0 Å². The molecule has 0 aliphatic carbocycles. The van der Waals surface area contributed by atoms with Crippen molar-refractivity contribution in [3.05, 3.63) is 28.2 Å². The summed E-state index contributed by atoms with van der Waals surface area (Å²) < 4.78 is 31.8. The van der Waals surface area contributed by atoms with Crippen LogP contribution in [0.1, 0.15) is 24.2 Å². The van der Waals surface area contributed by atoms with Crippen LogP contribution in [0.5, 0.6) is 0 Å². The normalized spacial score (nSPS) is 12.1. The van der Waals surface area contributed by atoms with E-state index in [9.17, 15) is 13.2 Å². The number of carbonyl (C=O) groups is 1. The van der Waals surface area contributed by atoms with Gasteiger partial charge in [-0.15, -0.1) is 0 Å². The molecule has 0 saturated heterocycles. The Bertz CT molecular complexity index is 615. The molecular formula is C13H18BrNO5S. The number of halogens is 1.